The van der Waals surface area contributed by atoms with E-state index in [1.165, 1.54) is 0 Å². The van der Waals surface area contributed by atoms with E-state index in [1.54, 1.807) is 32.3 Å². The molecule has 0 radical (unpaired) electrons. The molecule has 0 atom stereocenters. The van der Waals surface area contributed by atoms with E-state index in [9.17, 15) is 4.79 Å². The largest absolute Gasteiger partial charge is 0.493 e. The van der Waals surface area contributed by atoms with E-state index in [4.69, 9.17) is 14.2 Å². The maximum Gasteiger partial charge on any atom is 0.231 e. The van der Waals surface area contributed by atoms with Gasteiger partial charge in [-0.2, -0.15) is 0 Å². The molecule has 2 rings (SSSR count). The highest BCUT2D eigenvalue weighted by Gasteiger charge is 2.20. The summed E-state index contributed by atoms with van der Waals surface area (Å²) < 4.78 is 16.1. The van der Waals surface area contributed by atoms with Crippen molar-refractivity contribution in [2.75, 3.05) is 32.8 Å². The highest BCUT2D eigenvalue weighted by Crippen LogP contribution is 2.40. The number of likely N-dealkylation sites (N-methyl/N-ethyl adjacent to an activating group) is 1. The van der Waals surface area contributed by atoms with Crippen LogP contribution in [0.5, 0.6) is 17.2 Å². The molecule has 0 N–H and O–H groups in total. The van der Waals surface area contributed by atoms with Crippen molar-refractivity contribution >= 4 is 11.6 Å². The lowest BCUT2D eigenvalue weighted by molar-refractivity contribution is -0.118. The second-order valence-electron chi connectivity index (χ2n) is 5.14. The van der Waals surface area contributed by atoms with Gasteiger partial charge in [0.2, 0.25) is 11.7 Å². The summed E-state index contributed by atoms with van der Waals surface area (Å²) in [4.78, 5) is 14.5. The molecule has 0 aliphatic rings. The molecular formula is C19H23NO4. The van der Waals surface area contributed by atoms with Gasteiger partial charge in [-0.25, -0.2) is 0 Å². The first-order chi connectivity index (χ1) is 11.7. The summed E-state index contributed by atoms with van der Waals surface area (Å²) in [7, 11) is 4.67. The van der Waals surface area contributed by atoms with Crippen molar-refractivity contribution in [1.82, 2.24) is 0 Å². The summed E-state index contributed by atoms with van der Waals surface area (Å²) in [5, 5.41) is 0. The molecular weight excluding hydrogens is 306 g/mol. The lowest BCUT2D eigenvalue weighted by Crippen LogP contribution is -2.32. The zero-order valence-corrected chi connectivity index (χ0v) is 14.5. The van der Waals surface area contributed by atoms with Crippen molar-refractivity contribution in [2.24, 2.45) is 0 Å². The number of nitrogens with zero attached hydrogens (tertiary/aromatic N) is 1. The lowest BCUT2D eigenvalue weighted by atomic mass is 10.1. The van der Waals surface area contributed by atoms with Gasteiger partial charge in [-0.3, -0.25) is 4.79 Å². The monoisotopic (exact) mass is 329 g/mol. The van der Waals surface area contributed by atoms with Crippen LogP contribution in [0.2, 0.25) is 0 Å². The molecule has 0 fully saturated rings. The molecule has 0 saturated heterocycles. The number of carbonyl (C=O) groups excluding carboxylic acids is 1. The number of benzene rings is 2. The highest BCUT2D eigenvalue weighted by atomic mass is 16.5. The Morgan fingerprint density at radius 1 is 0.917 bits per heavy atom. The molecule has 0 bridgehead atoms. The Morgan fingerprint density at radius 3 is 2.12 bits per heavy atom. The van der Waals surface area contributed by atoms with Gasteiger partial charge in [0, 0.05) is 17.8 Å². The van der Waals surface area contributed by atoms with E-state index < -0.39 is 0 Å². The van der Waals surface area contributed by atoms with E-state index >= 15 is 0 Å². The molecule has 0 heterocycles. The zero-order valence-electron chi connectivity index (χ0n) is 14.5. The fraction of sp³-hybridized carbons (Fsp3) is 0.316. The average Bonchev–Trinajstić information content (AvgIpc) is 2.62. The Kier molecular flexibility index (Phi) is 6.07. The number of methoxy groups -OCH3 is 3. The van der Waals surface area contributed by atoms with Crippen LogP contribution in [0.3, 0.4) is 0 Å². The lowest BCUT2D eigenvalue weighted by Gasteiger charge is -2.22. The first kappa shape index (κ1) is 17.7. The van der Waals surface area contributed by atoms with Crippen molar-refractivity contribution in [3.63, 3.8) is 0 Å². The minimum Gasteiger partial charge on any atom is -0.493 e. The van der Waals surface area contributed by atoms with Gasteiger partial charge in [0.1, 0.15) is 0 Å². The van der Waals surface area contributed by atoms with Crippen LogP contribution in [0, 0.1) is 0 Å². The van der Waals surface area contributed by atoms with Gasteiger partial charge < -0.3 is 19.1 Å². The van der Waals surface area contributed by atoms with Crippen LogP contribution >= 0.6 is 0 Å². The van der Waals surface area contributed by atoms with Crippen molar-refractivity contribution in [1.29, 1.82) is 0 Å². The number of hydrogen-bond acceptors (Lipinski definition) is 4. The average molecular weight is 329 g/mol. The minimum absolute atomic E-state index is 0.00535. The van der Waals surface area contributed by atoms with Gasteiger partial charge in [-0.1, -0.05) is 24.3 Å². The Morgan fingerprint density at radius 2 is 1.58 bits per heavy atom. The topological polar surface area (TPSA) is 48.0 Å². The van der Waals surface area contributed by atoms with Gasteiger partial charge in [-0.05, 0) is 25.1 Å². The smallest absolute Gasteiger partial charge is 0.231 e. The number of para-hydroxylation sites is 1. The quantitative estimate of drug-likeness (QED) is 0.782. The SMILES string of the molecule is CCN(C(=O)Cc1ccc(OC)c(OC)c1OC)c1ccccc1. The van der Waals surface area contributed by atoms with Gasteiger partial charge in [0.15, 0.2) is 11.5 Å². The molecule has 24 heavy (non-hydrogen) atoms. The van der Waals surface area contributed by atoms with Crippen molar-refractivity contribution < 1.29 is 19.0 Å². The van der Waals surface area contributed by atoms with Gasteiger partial charge in [0.25, 0.3) is 0 Å². The molecule has 0 unspecified atom stereocenters. The number of ether oxygens (including phenoxy) is 3. The number of carbonyl (C=O) groups is 1. The zero-order chi connectivity index (χ0) is 17.5. The summed E-state index contributed by atoms with van der Waals surface area (Å²) in [5.74, 6) is 1.58. The molecule has 1 amide bonds. The summed E-state index contributed by atoms with van der Waals surface area (Å²) in [6, 6.07) is 13.2. The predicted molar refractivity (Wildman–Crippen MR) is 94.3 cm³/mol. The van der Waals surface area contributed by atoms with E-state index in [1.807, 2.05) is 43.3 Å². The molecule has 0 aromatic heterocycles. The van der Waals surface area contributed by atoms with E-state index in [0.717, 1.165) is 11.3 Å². The van der Waals surface area contributed by atoms with E-state index in [0.29, 0.717) is 23.8 Å². The van der Waals surface area contributed by atoms with Gasteiger partial charge in [-0.15, -0.1) is 0 Å². The number of hydrogen-bond donors (Lipinski definition) is 0. The Bertz CT molecular complexity index is 685. The Labute approximate surface area is 142 Å². The third-order valence-corrected chi connectivity index (χ3v) is 3.81. The minimum atomic E-state index is -0.00535. The Balaban J connectivity index is 2.31. The van der Waals surface area contributed by atoms with E-state index in [-0.39, 0.29) is 12.3 Å². The predicted octanol–water partition coefficient (Wildman–Crippen LogP) is 3.31. The Hall–Kier alpha value is -2.69. The maximum absolute atomic E-state index is 12.8. The van der Waals surface area contributed by atoms with Crippen LogP contribution < -0.4 is 19.1 Å². The second kappa shape index (κ2) is 8.24. The fourth-order valence-electron chi connectivity index (χ4n) is 2.67. The van der Waals surface area contributed by atoms with E-state index in [2.05, 4.69) is 0 Å². The summed E-state index contributed by atoms with van der Waals surface area (Å²) in [5.41, 5.74) is 1.64. The van der Waals surface area contributed by atoms with Crippen LogP contribution in [0.25, 0.3) is 0 Å². The van der Waals surface area contributed by atoms with Crippen LogP contribution in [0.4, 0.5) is 5.69 Å². The standard InChI is InChI=1S/C19H23NO4/c1-5-20(15-9-7-6-8-10-15)17(21)13-14-11-12-16(22-2)19(24-4)18(14)23-3/h6-12H,5,13H2,1-4H3. The normalized spacial score (nSPS) is 10.2. The first-order valence-electron chi connectivity index (χ1n) is 7.79. The van der Waals surface area contributed by atoms with Crippen LogP contribution in [-0.4, -0.2) is 33.8 Å². The molecule has 2 aromatic rings. The summed E-state index contributed by atoms with van der Waals surface area (Å²) in [6.07, 6.45) is 0.215. The van der Waals surface area contributed by atoms with Crippen LogP contribution in [0.1, 0.15) is 12.5 Å². The third kappa shape index (κ3) is 3.62. The second-order valence-corrected chi connectivity index (χ2v) is 5.14. The molecule has 128 valence electrons. The fourth-order valence-corrected chi connectivity index (χ4v) is 2.67. The third-order valence-electron chi connectivity index (χ3n) is 3.81. The molecule has 2 aromatic carbocycles. The van der Waals surface area contributed by atoms with Crippen molar-refractivity contribution in [3.8, 4) is 17.2 Å². The molecule has 5 nitrogen and oxygen atoms in total. The summed E-state index contributed by atoms with van der Waals surface area (Å²) >= 11 is 0. The van der Waals surface area contributed by atoms with Crippen LogP contribution in [-0.2, 0) is 11.2 Å². The molecule has 0 saturated carbocycles. The highest BCUT2D eigenvalue weighted by molar-refractivity contribution is 5.95. The van der Waals surface area contributed by atoms with Crippen LogP contribution in [0.15, 0.2) is 42.5 Å². The molecule has 0 aliphatic heterocycles. The number of amides is 1. The van der Waals surface area contributed by atoms with Gasteiger partial charge in [0.05, 0.1) is 27.8 Å². The molecule has 0 aliphatic carbocycles. The van der Waals surface area contributed by atoms with Crippen molar-refractivity contribution in [3.05, 3.63) is 48.0 Å². The number of anilines is 1. The summed E-state index contributed by atoms with van der Waals surface area (Å²) in [6.45, 7) is 2.55. The molecule has 5 heteroatoms. The van der Waals surface area contributed by atoms with Gasteiger partial charge >= 0.3 is 0 Å². The number of rotatable bonds is 7. The first-order valence-corrected chi connectivity index (χ1v) is 7.79. The van der Waals surface area contributed by atoms with Crippen molar-refractivity contribution in [2.45, 2.75) is 13.3 Å². The molecule has 0 spiro atoms. The maximum atomic E-state index is 12.8.